The summed E-state index contributed by atoms with van der Waals surface area (Å²) >= 11 is 0. The normalized spacial score (nSPS) is 18.2. The molecule has 0 atom stereocenters. The average Bonchev–Trinajstić information content (AvgIpc) is 3.36. The Hall–Kier alpha value is -3.82. The maximum absolute atomic E-state index is 12.7. The molecule has 0 aliphatic heterocycles. The summed E-state index contributed by atoms with van der Waals surface area (Å²) in [5, 5.41) is 11.2. The Morgan fingerprint density at radius 3 is 2.61 bits per heavy atom. The standard InChI is InChI=1S/C23H20F3N5O2/c1-31-12-21(29-30-31)22(32)28-20-11-27-19-7-6-16(10-18(19)20)33-17-8-14(9-17)13-2-4-15(5-3-13)23(24,25)26/h2-7,10-12,14,17,27H,8-9H2,1H3,(H,28,32)/t14-,17-. The number of anilines is 1. The first-order chi connectivity index (χ1) is 15.8. The lowest BCUT2D eigenvalue weighted by Crippen LogP contribution is -2.32. The van der Waals surface area contributed by atoms with Crippen LogP contribution in [0.4, 0.5) is 18.9 Å². The van der Waals surface area contributed by atoms with E-state index < -0.39 is 11.7 Å². The van der Waals surface area contributed by atoms with E-state index in [0.717, 1.165) is 41.4 Å². The Balaban J connectivity index is 1.23. The minimum atomic E-state index is -4.33. The Labute approximate surface area is 186 Å². The molecule has 1 aliphatic carbocycles. The number of carbonyl (C=O) groups is 1. The zero-order valence-electron chi connectivity index (χ0n) is 17.6. The van der Waals surface area contributed by atoms with Crippen molar-refractivity contribution in [2.45, 2.75) is 31.0 Å². The van der Waals surface area contributed by atoms with Crippen LogP contribution in [-0.2, 0) is 13.2 Å². The molecule has 0 spiro atoms. The predicted octanol–water partition coefficient (Wildman–Crippen LogP) is 4.89. The maximum atomic E-state index is 12.7. The number of aromatic amines is 1. The van der Waals surface area contributed by atoms with Crippen molar-refractivity contribution in [3.63, 3.8) is 0 Å². The molecule has 7 nitrogen and oxygen atoms in total. The molecule has 10 heteroatoms. The molecule has 5 rings (SSSR count). The van der Waals surface area contributed by atoms with Gasteiger partial charge in [0.2, 0.25) is 0 Å². The molecular weight excluding hydrogens is 435 g/mol. The van der Waals surface area contributed by atoms with Crippen molar-refractivity contribution in [2.24, 2.45) is 7.05 Å². The maximum Gasteiger partial charge on any atom is 0.416 e. The topological polar surface area (TPSA) is 84.8 Å². The molecule has 0 radical (unpaired) electrons. The van der Waals surface area contributed by atoms with Gasteiger partial charge in [-0.05, 0) is 54.7 Å². The van der Waals surface area contributed by atoms with E-state index in [-0.39, 0.29) is 23.6 Å². The van der Waals surface area contributed by atoms with Gasteiger partial charge in [-0.1, -0.05) is 17.3 Å². The Bertz CT molecular complexity index is 1300. The smallest absolute Gasteiger partial charge is 0.416 e. The van der Waals surface area contributed by atoms with Crippen LogP contribution in [0.15, 0.2) is 54.9 Å². The van der Waals surface area contributed by atoms with Gasteiger partial charge in [-0.15, -0.1) is 5.10 Å². The van der Waals surface area contributed by atoms with Crippen molar-refractivity contribution in [3.8, 4) is 5.75 Å². The van der Waals surface area contributed by atoms with Crippen LogP contribution in [0.1, 0.15) is 40.4 Å². The number of nitrogens with one attached hydrogen (secondary N) is 2. The molecule has 1 amide bonds. The van der Waals surface area contributed by atoms with Gasteiger partial charge < -0.3 is 15.0 Å². The molecule has 1 saturated carbocycles. The van der Waals surface area contributed by atoms with Crippen LogP contribution in [0.2, 0.25) is 0 Å². The van der Waals surface area contributed by atoms with Gasteiger partial charge in [0.05, 0.1) is 23.6 Å². The highest BCUT2D eigenvalue weighted by Gasteiger charge is 2.34. The number of ether oxygens (including phenoxy) is 1. The number of aromatic nitrogens is 4. The van der Waals surface area contributed by atoms with Gasteiger partial charge in [-0.2, -0.15) is 13.2 Å². The molecule has 1 aliphatic rings. The number of fused-ring (bicyclic) bond motifs is 1. The van der Waals surface area contributed by atoms with Crippen molar-refractivity contribution in [2.75, 3.05) is 5.32 Å². The molecule has 2 heterocycles. The van der Waals surface area contributed by atoms with Crippen LogP contribution >= 0.6 is 0 Å². The van der Waals surface area contributed by atoms with Crippen molar-refractivity contribution in [3.05, 3.63) is 71.7 Å². The molecule has 2 aromatic heterocycles. The molecule has 4 aromatic rings. The molecule has 1 fully saturated rings. The number of hydrogen-bond donors (Lipinski definition) is 2. The monoisotopic (exact) mass is 455 g/mol. The number of nitrogens with zero attached hydrogens (tertiary/aromatic N) is 3. The molecule has 0 saturated heterocycles. The number of H-pyrrole nitrogens is 1. The van der Waals surface area contributed by atoms with Crippen molar-refractivity contribution in [1.82, 2.24) is 20.0 Å². The van der Waals surface area contributed by atoms with E-state index in [0.29, 0.717) is 11.4 Å². The number of hydrogen-bond acceptors (Lipinski definition) is 4. The summed E-state index contributed by atoms with van der Waals surface area (Å²) in [5.41, 5.74) is 1.90. The summed E-state index contributed by atoms with van der Waals surface area (Å²) < 4.78 is 45.8. The van der Waals surface area contributed by atoms with Crippen molar-refractivity contribution < 1.29 is 22.7 Å². The van der Waals surface area contributed by atoms with E-state index in [1.807, 2.05) is 18.2 Å². The fourth-order valence-electron chi connectivity index (χ4n) is 3.98. The Kier molecular flexibility index (Phi) is 5.07. The fourth-order valence-corrected chi connectivity index (χ4v) is 3.98. The predicted molar refractivity (Wildman–Crippen MR) is 115 cm³/mol. The van der Waals surface area contributed by atoms with Crippen molar-refractivity contribution >= 4 is 22.5 Å². The number of aryl methyl sites for hydroxylation is 1. The lowest BCUT2D eigenvalue weighted by molar-refractivity contribution is -0.137. The van der Waals surface area contributed by atoms with Gasteiger partial charge in [0.1, 0.15) is 5.75 Å². The third kappa shape index (κ3) is 4.28. The second-order valence-electron chi connectivity index (χ2n) is 8.17. The zero-order valence-corrected chi connectivity index (χ0v) is 17.6. The van der Waals surface area contributed by atoms with Gasteiger partial charge in [-0.25, -0.2) is 0 Å². The van der Waals surface area contributed by atoms with Crippen LogP contribution in [0.25, 0.3) is 10.9 Å². The summed E-state index contributed by atoms with van der Waals surface area (Å²) in [6.45, 7) is 0. The molecule has 0 bridgehead atoms. The SMILES string of the molecule is Cn1cc(C(=O)Nc2c[nH]c3ccc(O[C@H]4C[C@H](c5ccc(C(F)(F)F)cc5)C4)cc23)nn1. The van der Waals surface area contributed by atoms with Crippen molar-refractivity contribution in [1.29, 1.82) is 0 Å². The molecule has 2 N–H and O–H groups in total. The lowest BCUT2D eigenvalue weighted by Gasteiger charge is -2.35. The zero-order chi connectivity index (χ0) is 23.2. The van der Waals surface area contributed by atoms with E-state index in [2.05, 4.69) is 20.6 Å². The number of halogens is 3. The minimum Gasteiger partial charge on any atom is -0.490 e. The highest BCUT2D eigenvalue weighted by atomic mass is 19.4. The summed E-state index contributed by atoms with van der Waals surface area (Å²) in [4.78, 5) is 15.5. The minimum absolute atomic E-state index is 0.0219. The molecule has 170 valence electrons. The number of carbonyl (C=O) groups excluding carboxylic acids is 1. The van der Waals surface area contributed by atoms with Gasteiger partial charge in [0.25, 0.3) is 5.91 Å². The van der Waals surface area contributed by atoms with Crippen LogP contribution in [0, 0.1) is 0 Å². The third-order valence-corrected chi connectivity index (χ3v) is 5.84. The first-order valence-electron chi connectivity index (χ1n) is 10.4. The Morgan fingerprint density at radius 2 is 1.94 bits per heavy atom. The first-order valence-corrected chi connectivity index (χ1v) is 10.4. The van der Waals surface area contributed by atoms with Crippen LogP contribution in [0.5, 0.6) is 5.75 Å². The van der Waals surface area contributed by atoms with E-state index in [1.54, 1.807) is 25.4 Å². The van der Waals surface area contributed by atoms with Gasteiger partial charge in [0, 0.05) is 24.1 Å². The summed E-state index contributed by atoms with van der Waals surface area (Å²) in [5.74, 6) is 0.469. The second kappa shape index (κ2) is 7.95. The van der Waals surface area contributed by atoms with Gasteiger partial charge in [-0.3, -0.25) is 9.48 Å². The first kappa shape index (κ1) is 21.0. The quantitative estimate of drug-likeness (QED) is 0.449. The highest BCUT2D eigenvalue weighted by molar-refractivity contribution is 6.08. The molecule has 33 heavy (non-hydrogen) atoms. The summed E-state index contributed by atoms with van der Waals surface area (Å²) in [7, 11) is 1.68. The number of rotatable bonds is 5. The van der Waals surface area contributed by atoms with Gasteiger partial charge in [0.15, 0.2) is 5.69 Å². The van der Waals surface area contributed by atoms with Crippen LogP contribution in [-0.4, -0.2) is 32.0 Å². The average molecular weight is 455 g/mol. The number of benzene rings is 2. The van der Waals surface area contributed by atoms with Crippen LogP contribution in [0.3, 0.4) is 0 Å². The highest BCUT2D eigenvalue weighted by Crippen LogP contribution is 2.41. The molecule has 0 unspecified atom stereocenters. The molecular formula is C23H20F3N5O2. The van der Waals surface area contributed by atoms with E-state index in [9.17, 15) is 18.0 Å². The second-order valence-corrected chi connectivity index (χ2v) is 8.17. The summed E-state index contributed by atoms with van der Waals surface area (Å²) in [6, 6.07) is 10.9. The van der Waals surface area contributed by atoms with Crippen LogP contribution < -0.4 is 10.1 Å². The van der Waals surface area contributed by atoms with E-state index in [4.69, 9.17) is 4.74 Å². The fraction of sp³-hybridized carbons (Fsp3) is 0.261. The van der Waals surface area contributed by atoms with E-state index >= 15 is 0 Å². The van der Waals surface area contributed by atoms with E-state index in [1.165, 1.54) is 10.9 Å². The largest absolute Gasteiger partial charge is 0.490 e. The third-order valence-electron chi connectivity index (χ3n) is 5.84. The summed E-state index contributed by atoms with van der Waals surface area (Å²) in [6.07, 6.45) is 0.341. The molecule has 2 aromatic carbocycles. The Morgan fingerprint density at radius 1 is 1.18 bits per heavy atom. The lowest BCUT2D eigenvalue weighted by atomic mass is 9.77. The number of amides is 1. The van der Waals surface area contributed by atoms with Gasteiger partial charge >= 0.3 is 6.18 Å². The number of alkyl halides is 3.